The molecule has 0 radical (unpaired) electrons. The molecule has 0 spiro atoms. The summed E-state index contributed by atoms with van der Waals surface area (Å²) in [7, 11) is 1.30. The number of carbonyl (C=O) groups is 3. The zero-order chi connectivity index (χ0) is 18.8. The highest BCUT2D eigenvalue weighted by molar-refractivity contribution is 5.95. The van der Waals surface area contributed by atoms with Crippen molar-refractivity contribution in [2.45, 2.75) is 39.3 Å². The van der Waals surface area contributed by atoms with Crippen molar-refractivity contribution in [3.63, 3.8) is 0 Å². The molecule has 1 heterocycles. The van der Waals surface area contributed by atoms with E-state index < -0.39 is 29.6 Å². The minimum atomic E-state index is -0.671. The summed E-state index contributed by atoms with van der Waals surface area (Å²) in [6.45, 7) is 6.97. The first-order valence-electron chi connectivity index (χ1n) is 7.82. The van der Waals surface area contributed by atoms with Gasteiger partial charge >= 0.3 is 18.0 Å². The van der Waals surface area contributed by atoms with Gasteiger partial charge in [0, 0.05) is 5.70 Å². The Morgan fingerprint density at radius 3 is 2.20 bits per heavy atom. The third-order valence-electron chi connectivity index (χ3n) is 3.55. The standard InChI is InChI=1S/C18H22N2O5/c1-10-13(16(22)25-18(2,3)4)14(20-17(23)19-10)11-6-8-12(9-7-11)15(21)24-5/h6-9,14H,1-5H3,(H2,19,20,23). The summed E-state index contributed by atoms with van der Waals surface area (Å²) in [5, 5.41) is 5.31. The first-order chi connectivity index (χ1) is 11.6. The highest BCUT2D eigenvalue weighted by atomic mass is 16.6. The largest absolute Gasteiger partial charge is 0.465 e. The minimum absolute atomic E-state index is 0.320. The number of hydrogen-bond acceptors (Lipinski definition) is 5. The van der Waals surface area contributed by atoms with Gasteiger partial charge in [-0.05, 0) is 45.4 Å². The molecule has 1 aliphatic rings. The first-order valence-corrected chi connectivity index (χ1v) is 7.82. The van der Waals surface area contributed by atoms with Crippen molar-refractivity contribution >= 4 is 18.0 Å². The van der Waals surface area contributed by atoms with E-state index in [1.165, 1.54) is 7.11 Å². The van der Waals surface area contributed by atoms with E-state index in [2.05, 4.69) is 15.4 Å². The van der Waals surface area contributed by atoms with E-state index in [1.54, 1.807) is 52.0 Å². The van der Waals surface area contributed by atoms with Crippen LogP contribution in [-0.4, -0.2) is 30.7 Å². The lowest BCUT2D eigenvalue weighted by Crippen LogP contribution is -2.46. The normalized spacial score (nSPS) is 17.5. The average molecular weight is 346 g/mol. The first kappa shape index (κ1) is 18.5. The fourth-order valence-corrected chi connectivity index (χ4v) is 2.48. The molecule has 0 saturated heterocycles. The van der Waals surface area contributed by atoms with Gasteiger partial charge in [-0.2, -0.15) is 0 Å². The number of allylic oxidation sites excluding steroid dienone is 1. The lowest BCUT2D eigenvalue weighted by atomic mass is 9.94. The van der Waals surface area contributed by atoms with E-state index in [-0.39, 0.29) is 0 Å². The van der Waals surface area contributed by atoms with Crippen LogP contribution in [0.4, 0.5) is 4.79 Å². The van der Waals surface area contributed by atoms with Crippen LogP contribution in [0, 0.1) is 0 Å². The molecule has 2 rings (SSSR count). The molecule has 0 bridgehead atoms. The second kappa shape index (κ2) is 6.96. The Hall–Kier alpha value is -2.83. The molecule has 0 aromatic heterocycles. The van der Waals surface area contributed by atoms with E-state index >= 15 is 0 Å². The lowest BCUT2D eigenvalue weighted by Gasteiger charge is -2.30. The number of esters is 2. The van der Waals surface area contributed by atoms with Crippen LogP contribution in [0.15, 0.2) is 35.5 Å². The molecule has 2 N–H and O–H groups in total. The van der Waals surface area contributed by atoms with Crippen molar-refractivity contribution in [1.29, 1.82) is 0 Å². The number of amides is 2. The van der Waals surface area contributed by atoms with E-state index in [1.807, 2.05) is 0 Å². The van der Waals surface area contributed by atoms with Gasteiger partial charge in [0.1, 0.15) is 5.60 Å². The maximum atomic E-state index is 12.6. The molecule has 134 valence electrons. The number of hydrogen-bond donors (Lipinski definition) is 2. The Balaban J connectivity index is 2.39. The van der Waals surface area contributed by atoms with Crippen LogP contribution in [0.25, 0.3) is 0 Å². The minimum Gasteiger partial charge on any atom is -0.465 e. The van der Waals surface area contributed by atoms with Gasteiger partial charge < -0.3 is 20.1 Å². The quantitative estimate of drug-likeness (QED) is 0.820. The maximum Gasteiger partial charge on any atom is 0.338 e. The molecule has 7 heteroatoms. The summed E-state index contributed by atoms with van der Waals surface area (Å²) < 4.78 is 10.1. The van der Waals surface area contributed by atoms with Gasteiger partial charge in [0.15, 0.2) is 0 Å². The van der Waals surface area contributed by atoms with Crippen LogP contribution in [-0.2, 0) is 14.3 Å². The molecular formula is C18H22N2O5. The van der Waals surface area contributed by atoms with Crippen molar-refractivity contribution in [1.82, 2.24) is 10.6 Å². The van der Waals surface area contributed by atoms with E-state index in [0.29, 0.717) is 22.4 Å². The SMILES string of the molecule is COC(=O)c1ccc(C2NC(=O)NC(C)=C2C(=O)OC(C)(C)C)cc1. The van der Waals surface area contributed by atoms with Gasteiger partial charge in [-0.1, -0.05) is 12.1 Å². The van der Waals surface area contributed by atoms with Crippen molar-refractivity contribution in [3.8, 4) is 0 Å². The number of rotatable bonds is 3. The topological polar surface area (TPSA) is 93.7 Å². The molecule has 2 amide bonds. The molecule has 1 unspecified atom stereocenters. The number of methoxy groups -OCH3 is 1. The summed E-state index contributed by atoms with van der Waals surface area (Å²) in [4.78, 5) is 36.0. The Bertz CT molecular complexity index is 729. The zero-order valence-corrected chi connectivity index (χ0v) is 14.9. The van der Waals surface area contributed by atoms with Crippen LogP contribution in [0.1, 0.15) is 49.7 Å². The van der Waals surface area contributed by atoms with Crippen LogP contribution in [0.3, 0.4) is 0 Å². The van der Waals surface area contributed by atoms with Gasteiger partial charge in [-0.25, -0.2) is 14.4 Å². The zero-order valence-electron chi connectivity index (χ0n) is 14.9. The van der Waals surface area contributed by atoms with Gasteiger partial charge in [0.05, 0.1) is 24.3 Å². The summed E-state index contributed by atoms with van der Waals surface area (Å²) in [6.07, 6.45) is 0. The van der Waals surface area contributed by atoms with Crippen molar-refractivity contribution in [2.24, 2.45) is 0 Å². The monoisotopic (exact) mass is 346 g/mol. The number of urea groups is 1. The van der Waals surface area contributed by atoms with Crippen LogP contribution in [0.5, 0.6) is 0 Å². The second-order valence-electron chi connectivity index (χ2n) is 6.69. The highest BCUT2D eigenvalue weighted by Crippen LogP contribution is 2.29. The Kier molecular flexibility index (Phi) is 5.15. The fourth-order valence-electron chi connectivity index (χ4n) is 2.48. The molecule has 0 fully saturated rings. The highest BCUT2D eigenvalue weighted by Gasteiger charge is 2.34. The summed E-state index contributed by atoms with van der Waals surface area (Å²) in [5.74, 6) is -0.973. The van der Waals surface area contributed by atoms with Gasteiger partial charge in [-0.3, -0.25) is 0 Å². The Morgan fingerprint density at radius 2 is 1.68 bits per heavy atom. The molecule has 1 aliphatic heterocycles. The van der Waals surface area contributed by atoms with E-state index in [9.17, 15) is 14.4 Å². The summed E-state index contributed by atoms with van der Waals surface area (Å²) >= 11 is 0. The molecule has 1 aromatic rings. The number of carbonyl (C=O) groups excluding carboxylic acids is 3. The Morgan fingerprint density at radius 1 is 1.08 bits per heavy atom. The predicted octanol–water partition coefficient (Wildman–Crippen LogP) is 2.44. The number of benzene rings is 1. The average Bonchev–Trinajstić information content (AvgIpc) is 2.51. The molecular weight excluding hydrogens is 324 g/mol. The predicted molar refractivity (Wildman–Crippen MR) is 90.7 cm³/mol. The summed E-state index contributed by atoms with van der Waals surface area (Å²) in [5.41, 5.74) is 1.12. The van der Waals surface area contributed by atoms with Gasteiger partial charge in [-0.15, -0.1) is 0 Å². The van der Waals surface area contributed by atoms with E-state index in [4.69, 9.17) is 4.74 Å². The van der Waals surface area contributed by atoms with Crippen molar-refractivity contribution in [2.75, 3.05) is 7.11 Å². The maximum absolute atomic E-state index is 12.6. The molecule has 0 aliphatic carbocycles. The summed E-state index contributed by atoms with van der Waals surface area (Å²) in [6, 6.07) is 5.41. The van der Waals surface area contributed by atoms with Gasteiger partial charge in [0.2, 0.25) is 0 Å². The second-order valence-corrected chi connectivity index (χ2v) is 6.69. The third-order valence-corrected chi connectivity index (χ3v) is 3.55. The van der Waals surface area contributed by atoms with Crippen LogP contribution >= 0.6 is 0 Å². The van der Waals surface area contributed by atoms with Crippen LogP contribution in [0.2, 0.25) is 0 Å². The fraction of sp³-hybridized carbons (Fsp3) is 0.389. The van der Waals surface area contributed by atoms with Crippen LogP contribution < -0.4 is 10.6 Å². The smallest absolute Gasteiger partial charge is 0.338 e. The molecule has 7 nitrogen and oxygen atoms in total. The molecule has 1 atom stereocenters. The van der Waals surface area contributed by atoms with Gasteiger partial charge in [0.25, 0.3) is 0 Å². The molecule has 25 heavy (non-hydrogen) atoms. The number of nitrogens with one attached hydrogen (secondary N) is 2. The van der Waals surface area contributed by atoms with E-state index in [0.717, 1.165) is 0 Å². The molecule has 1 aromatic carbocycles. The third kappa shape index (κ3) is 4.37. The lowest BCUT2D eigenvalue weighted by molar-refractivity contribution is -0.150. The Labute approximate surface area is 146 Å². The molecule has 0 saturated carbocycles. The number of ether oxygens (including phenoxy) is 2. The van der Waals surface area contributed by atoms with Crippen molar-refractivity contribution < 1.29 is 23.9 Å². The van der Waals surface area contributed by atoms with Crippen molar-refractivity contribution in [3.05, 3.63) is 46.7 Å².